The van der Waals surface area contributed by atoms with E-state index in [-0.39, 0.29) is 92.7 Å². The van der Waals surface area contributed by atoms with E-state index in [4.69, 9.17) is 11.6 Å². The second-order valence-electron chi connectivity index (χ2n) is 25.2. The van der Waals surface area contributed by atoms with Crippen molar-refractivity contribution in [3.8, 4) is 0 Å². The second kappa shape index (κ2) is 33.1. The molecule has 0 saturated carbocycles. The van der Waals surface area contributed by atoms with E-state index in [0.29, 0.717) is 160 Å². The van der Waals surface area contributed by atoms with E-state index >= 15 is 0 Å². The molecule has 0 radical (unpaired) electrons. The summed E-state index contributed by atoms with van der Waals surface area (Å²) < 4.78 is 162. The van der Waals surface area contributed by atoms with Crippen LogP contribution in [-0.4, -0.2) is 214 Å². The van der Waals surface area contributed by atoms with Crippen LogP contribution in [0, 0.1) is 52.7 Å². The standard InChI is InChI=1S/2C21H23BrF4N6O2.C21H23ClF4N6O2/c3*1-30-8-11(6-27-7-18(25)26)9-32-19(20(30)33)12-10-31(3-2-16(12)29-32)21(34)28-17-4-13(22)14(23)5-15(17)24/h3*4-5,11,18,27H,2-3,6-10H2,1H3,(H,28,34)/t3*11-/m100/s1. The van der Waals surface area contributed by atoms with E-state index in [1.807, 2.05) is 0 Å². The van der Waals surface area contributed by atoms with Gasteiger partial charge >= 0.3 is 18.1 Å². The number of alkyl halides is 6. The second-order valence-corrected chi connectivity index (χ2v) is 27.3. The van der Waals surface area contributed by atoms with Crippen LogP contribution in [0.15, 0.2) is 45.3 Å². The first-order valence-electron chi connectivity index (χ1n) is 32.0. The number of nitrogens with zero attached hydrogens (tertiary/aromatic N) is 12. The molecule has 6 aliphatic heterocycles. The lowest BCUT2D eigenvalue weighted by atomic mass is 10.0. The van der Waals surface area contributed by atoms with E-state index in [1.54, 1.807) is 35.2 Å². The van der Waals surface area contributed by atoms with Crippen LogP contribution in [0.1, 0.15) is 65.2 Å². The Morgan fingerprint density at radius 1 is 0.451 bits per heavy atom. The number of rotatable bonds is 15. The molecule has 0 bridgehead atoms. The summed E-state index contributed by atoms with van der Waals surface area (Å²) in [6, 6.07) is 3.40. The molecule has 3 aromatic heterocycles. The molecule has 552 valence electrons. The fourth-order valence-corrected chi connectivity index (χ4v) is 13.6. The molecule has 6 aromatic rings. The van der Waals surface area contributed by atoms with Gasteiger partial charge in [-0.15, -0.1) is 0 Å². The number of nitrogens with one attached hydrogen (secondary N) is 6. The lowest BCUT2D eigenvalue weighted by Gasteiger charge is -2.27. The molecular formula is C63H69Br2ClF12N18O6. The average Bonchev–Trinajstić information content (AvgIpc) is 1.62. The Labute approximate surface area is 597 Å². The fourth-order valence-electron chi connectivity index (χ4n) is 12.8. The number of hydrogen-bond donors (Lipinski definition) is 6. The highest BCUT2D eigenvalue weighted by atomic mass is 79.9. The number of anilines is 3. The van der Waals surface area contributed by atoms with Crippen molar-refractivity contribution in [2.45, 2.75) is 77.8 Å². The van der Waals surface area contributed by atoms with Gasteiger partial charge in [0.2, 0.25) is 0 Å². The lowest BCUT2D eigenvalue weighted by Crippen LogP contribution is -2.40. The molecule has 24 nitrogen and oxygen atoms in total. The molecule has 3 atom stereocenters. The largest absolute Gasteiger partial charge is 0.340 e. The number of fused-ring (bicyclic) bond motifs is 9. The number of amides is 9. The van der Waals surface area contributed by atoms with Crippen LogP contribution in [0.3, 0.4) is 0 Å². The van der Waals surface area contributed by atoms with Gasteiger partial charge in [0.1, 0.15) is 52.0 Å². The van der Waals surface area contributed by atoms with E-state index < -0.39 is 91.9 Å². The molecule has 9 heterocycles. The highest BCUT2D eigenvalue weighted by Crippen LogP contribution is 2.33. The number of aromatic nitrogens is 6. The van der Waals surface area contributed by atoms with Crippen LogP contribution < -0.4 is 31.9 Å². The minimum absolute atomic E-state index is 0.0123. The molecule has 102 heavy (non-hydrogen) atoms. The molecular weight excluding hydrogens is 1530 g/mol. The topological polar surface area (TPSA) is 248 Å². The molecule has 0 fully saturated rings. The number of carbonyl (C=O) groups is 6. The summed E-state index contributed by atoms with van der Waals surface area (Å²) in [5, 5.41) is 28.8. The van der Waals surface area contributed by atoms with Gasteiger partial charge in [0, 0.05) is 172 Å². The van der Waals surface area contributed by atoms with Gasteiger partial charge in [-0.1, -0.05) is 11.6 Å². The Kier molecular flexibility index (Phi) is 24.8. The van der Waals surface area contributed by atoms with Crippen molar-refractivity contribution in [3.05, 3.63) is 136 Å². The first kappa shape index (κ1) is 76.4. The van der Waals surface area contributed by atoms with Crippen LogP contribution in [0.4, 0.5) is 84.1 Å². The summed E-state index contributed by atoms with van der Waals surface area (Å²) >= 11 is 11.6. The molecule has 6 aliphatic rings. The molecule has 0 spiro atoms. The number of halogens is 15. The third-order valence-corrected chi connectivity index (χ3v) is 19.2. The van der Waals surface area contributed by atoms with Crippen molar-refractivity contribution < 1.29 is 81.5 Å². The van der Waals surface area contributed by atoms with Crippen LogP contribution >= 0.6 is 43.5 Å². The van der Waals surface area contributed by atoms with Crippen molar-refractivity contribution in [1.29, 1.82) is 0 Å². The van der Waals surface area contributed by atoms with Gasteiger partial charge < -0.3 is 61.3 Å². The van der Waals surface area contributed by atoms with Crippen molar-refractivity contribution in [2.24, 2.45) is 17.8 Å². The third kappa shape index (κ3) is 18.0. The predicted octanol–water partition coefficient (Wildman–Crippen LogP) is 9.10. The highest BCUT2D eigenvalue weighted by Gasteiger charge is 2.39. The summed E-state index contributed by atoms with van der Waals surface area (Å²) in [4.78, 5) is 86.5. The molecule has 3 aromatic carbocycles. The Morgan fingerprint density at radius 2 is 0.735 bits per heavy atom. The van der Waals surface area contributed by atoms with Gasteiger partial charge in [-0.05, 0) is 50.1 Å². The molecule has 0 unspecified atom stereocenters. The Hall–Kier alpha value is -8.20. The van der Waals surface area contributed by atoms with Crippen molar-refractivity contribution in [3.63, 3.8) is 0 Å². The maximum atomic E-state index is 14.1. The zero-order valence-electron chi connectivity index (χ0n) is 54.8. The first-order chi connectivity index (χ1) is 48.4. The minimum Gasteiger partial charge on any atom is -0.340 e. The lowest BCUT2D eigenvalue weighted by molar-refractivity contribution is 0.0770. The van der Waals surface area contributed by atoms with Gasteiger partial charge in [0.05, 0.1) is 87.4 Å². The molecule has 0 saturated heterocycles. The van der Waals surface area contributed by atoms with E-state index in [1.165, 1.54) is 29.4 Å². The monoisotopic (exact) mass is 1590 g/mol. The Bertz CT molecular complexity index is 3750. The Balaban J connectivity index is 0.000000165. The summed E-state index contributed by atoms with van der Waals surface area (Å²) in [7, 11) is 4.91. The average molecular weight is 1600 g/mol. The number of urea groups is 3. The van der Waals surface area contributed by atoms with Crippen molar-refractivity contribution >= 4 is 96.3 Å². The maximum absolute atomic E-state index is 14.1. The van der Waals surface area contributed by atoms with Gasteiger partial charge in [-0.25, -0.2) is 67.1 Å². The Morgan fingerprint density at radius 3 is 1.03 bits per heavy atom. The van der Waals surface area contributed by atoms with Gasteiger partial charge in [0.25, 0.3) is 37.0 Å². The molecule has 0 aliphatic carbocycles. The summed E-state index contributed by atoms with van der Waals surface area (Å²) in [5.74, 6) is -6.44. The fraction of sp³-hybridized carbons (Fsp3) is 0.476. The first-order valence-corrected chi connectivity index (χ1v) is 34.0. The smallest absolute Gasteiger partial charge is 0.322 e. The number of carbonyl (C=O) groups excluding carboxylic acids is 6. The zero-order chi connectivity index (χ0) is 73.7. The normalized spacial score (nSPS) is 18.1. The van der Waals surface area contributed by atoms with Gasteiger partial charge in [-0.2, -0.15) is 15.3 Å². The van der Waals surface area contributed by atoms with Crippen LogP contribution in [0.5, 0.6) is 0 Å². The third-order valence-electron chi connectivity index (χ3n) is 17.7. The highest BCUT2D eigenvalue weighted by molar-refractivity contribution is 9.10. The minimum atomic E-state index is -2.46. The van der Waals surface area contributed by atoms with E-state index in [9.17, 15) is 81.5 Å². The van der Waals surface area contributed by atoms with Crippen molar-refractivity contribution in [1.82, 2.24) is 74.7 Å². The summed E-state index contributed by atoms with van der Waals surface area (Å²) in [6.07, 6.45) is -6.22. The molecule has 39 heteroatoms. The SMILES string of the molecule is CN1C[C@@H](CNCC(F)F)Cn2nc3c(c2C1=O)CN(C(=O)Nc1cc(Br)c(F)cc1F)CC3.CN1C[C@H](CNCC(F)F)Cn2nc3c(c2C1=O)CN(C(=O)Nc1cc(Br)c(F)cc1F)CC3.CN1C[C@H](CNCC(F)F)Cn2nc3c(c2C1=O)CN(C(=O)Nc1cc(Cl)c(F)cc1F)CC3. The van der Waals surface area contributed by atoms with Crippen molar-refractivity contribution in [2.75, 3.05) is 116 Å². The van der Waals surface area contributed by atoms with E-state index in [0.717, 1.165) is 18.2 Å². The van der Waals surface area contributed by atoms with Gasteiger partial charge in [0.15, 0.2) is 0 Å². The van der Waals surface area contributed by atoms with Crippen LogP contribution in [-0.2, 0) is 58.5 Å². The molecule has 6 N–H and O–H groups in total. The van der Waals surface area contributed by atoms with Crippen LogP contribution in [0.25, 0.3) is 0 Å². The number of benzene rings is 3. The zero-order valence-corrected chi connectivity index (χ0v) is 58.7. The number of hydrogen-bond acceptors (Lipinski definition) is 12. The molecule has 12 rings (SSSR count). The maximum Gasteiger partial charge on any atom is 0.322 e. The van der Waals surface area contributed by atoms with E-state index in [2.05, 4.69) is 79.1 Å². The summed E-state index contributed by atoms with van der Waals surface area (Å²) in [5.41, 5.74) is 4.35. The quantitative estimate of drug-likeness (QED) is 0.0416. The molecule has 9 amide bonds. The van der Waals surface area contributed by atoms with Gasteiger partial charge in [-0.3, -0.25) is 28.4 Å². The van der Waals surface area contributed by atoms with Crippen LogP contribution in [0.2, 0.25) is 5.02 Å². The summed E-state index contributed by atoms with van der Waals surface area (Å²) in [6.45, 7) is 2.95. The predicted molar refractivity (Wildman–Crippen MR) is 354 cm³/mol.